The fourth-order valence-electron chi connectivity index (χ4n) is 3.64. The van der Waals surface area contributed by atoms with E-state index in [2.05, 4.69) is 15.4 Å². The Balaban J connectivity index is 1.48. The van der Waals surface area contributed by atoms with Crippen molar-refractivity contribution >= 4 is 23.4 Å². The quantitative estimate of drug-likeness (QED) is 0.565. The molecule has 1 amide bonds. The second kappa shape index (κ2) is 9.66. The molecular formula is C24H28F2N6O2. The van der Waals surface area contributed by atoms with E-state index in [1.807, 2.05) is 56.0 Å². The van der Waals surface area contributed by atoms with E-state index in [9.17, 15) is 13.6 Å². The number of amides is 1. The van der Waals surface area contributed by atoms with Crippen LogP contribution < -0.4 is 10.2 Å². The number of para-hydroxylation sites is 1. The zero-order valence-electron chi connectivity index (χ0n) is 19.4. The molecule has 0 saturated carbocycles. The van der Waals surface area contributed by atoms with Crippen LogP contribution in [0.4, 0.5) is 30.9 Å². The van der Waals surface area contributed by atoms with Crippen molar-refractivity contribution in [2.45, 2.75) is 32.8 Å². The van der Waals surface area contributed by atoms with Gasteiger partial charge in [-0.2, -0.15) is 4.98 Å². The van der Waals surface area contributed by atoms with Crippen molar-refractivity contribution in [2.75, 3.05) is 36.4 Å². The molecule has 1 N–H and O–H groups in total. The molecule has 1 aromatic heterocycles. The number of anilines is 3. The van der Waals surface area contributed by atoms with Gasteiger partial charge in [0.2, 0.25) is 5.95 Å². The van der Waals surface area contributed by atoms with E-state index < -0.39 is 12.0 Å². The molecule has 0 radical (unpaired) electrons. The molecule has 180 valence electrons. The maximum absolute atomic E-state index is 13.6. The molecule has 0 unspecified atom stereocenters. The van der Waals surface area contributed by atoms with E-state index >= 15 is 0 Å². The van der Waals surface area contributed by atoms with Gasteiger partial charge >= 0.3 is 6.09 Å². The lowest BCUT2D eigenvalue weighted by atomic mass is 10.1. The van der Waals surface area contributed by atoms with Crippen molar-refractivity contribution in [3.8, 4) is 5.69 Å². The summed E-state index contributed by atoms with van der Waals surface area (Å²) in [4.78, 5) is 20.2. The Morgan fingerprint density at radius 2 is 1.74 bits per heavy atom. The number of nitrogens with one attached hydrogen (secondary N) is 1. The third-order valence-corrected chi connectivity index (χ3v) is 5.26. The first kappa shape index (κ1) is 23.5. The molecule has 0 bridgehead atoms. The van der Waals surface area contributed by atoms with Gasteiger partial charge in [0.25, 0.3) is 6.43 Å². The minimum absolute atomic E-state index is 0.0999. The number of carbonyl (C=O) groups excluding carboxylic acids is 1. The topological polar surface area (TPSA) is 75.5 Å². The van der Waals surface area contributed by atoms with E-state index in [0.717, 1.165) is 5.69 Å². The molecule has 1 aliphatic rings. The smallest absolute Gasteiger partial charge is 0.410 e. The summed E-state index contributed by atoms with van der Waals surface area (Å²) in [6, 6.07) is 14.2. The van der Waals surface area contributed by atoms with Gasteiger partial charge in [-0.05, 0) is 51.1 Å². The number of piperazine rings is 1. The van der Waals surface area contributed by atoms with Crippen molar-refractivity contribution in [1.29, 1.82) is 0 Å². The summed E-state index contributed by atoms with van der Waals surface area (Å²) < 4.78 is 34.3. The van der Waals surface area contributed by atoms with Crippen molar-refractivity contribution in [3.63, 3.8) is 0 Å². The minimum atomic E-state index is -2.63. The Kier molecular flexibility index (Phi) is 6.67. The summed E-state index contributed by atoms with van der Waals surface area (Å²) in [6.45, 7) is 7.37. The zero-order chi connectivity index (χ0) is 24.3. The molecule has 3 aromatic rings. The number of carbonyl (C=O) groups is 1. The van der Waals surface area contributed by atoms with Crippen LogP contribution in [0.25, 0.3) is 5.69 Å². The number of hydrogen-bond acceptors (Lipinski definition) is 6. The number of halogens is 2. The molecule has 10 heteroatoms. The van der Waals surface area contributed by atoms with Crippen LogP contribution in [0.3, 0.4) is 0 Å². The highest BCUT2D eigenvalue weighted by molar-refractivity contribution is 5.69. The molecule has 1 fully saturated rings. The highest BCUT2D eigenvalue weighted by Gasteiger charge is 2.26. The lowest BCUT2D eigenvalue weighted by Gasteiger charge is -2.37. The molecule has 0 spiro atoms. The maximum Gasteiger partial charge on any atom is 0.410 e. The zero-order valence-corrected chi connectivity index (χ0v) is 19.4. The molecule has 4 rings (SSSR count). The SMILES string of the molecule is CC(C)(C)OC(=O)N1CCN(c2cc(Nc3ncn(-c4ccccc4)n3)cc(C(F)F)c2)CC1. The number of aromatic nitrogens is 3. The van der Waals surface area contributed by atoms with Crippen LogP contribution in [-0.2, 0) is 4.74 Å². The second-order valence-electron chi connectivity index (χ2n) is 9.04. The Labute approximate surface area is 197 Å². The number of rotatable bonds is 5. The summed E-state index contributed by atoms with van der Waals surface area (Å²) in [7, 11) is 0. The molecular weight excluding hydrogens is 442 g/mol. The number of alkyl halides is 2. The molecule has 8 nitrogen and oxygen atoms in total. The van der Waals surface area contributed by atoms with Crippen molar-refractivity contribution < 1.29 is 18.3 Å². The van der Waals surface area contributed by atoms with Gasteiger partial charge in [-0.15, -0.1) is 5.10 Å². The lowest BCUT2D eigenvalue weighted by Crippen LogP contribution is -2.50. The van der Waals surface area contributed by atoms with Crippen LogP contribution in [0.1, 0.15) is 32.8 Å². The van der Waals surface area contributed by atoms with Gasteiger partial charge in [0.05, 0.1) is 5.69 Å². The van der Waals surface area contributed by atoms with Crippen molar-refractivity contribution in [3.05, 3.63) is 60.4 Å². The van der Waals surface area contributed by atoms with Crippen LogP contribution in [-0.4, -0.2) is 57.5 Å². The Morgan fingerprint density at radius 3 is 2.38 bits per heavy atom. The predicted octanol–water partition coefficient (Wildman–Crippen LogP) is 5.01. The van der Waals surface area contributed by atoms with Gasteiger partial charge < -0.3 is 19.9 Å². The van der Waals surface area contributed by atoms with Crippen LogP contribution in [0.5, 0.6) is 0 Å². The van der Waals surface area contributed by atoms with E-state index in [0.29, 0.717) is 43.5 Å². The number of hydrogen-bond donors (Lipinski definition) is 1. The molecule has 0 aliphatic carbocycles. The van der Waals surface area contributed by atoms with Crippen LogP contribution in [0.2, 0.25) is 0 Å². The molecule has 1 aliphatic heterocycles. The summed E-state index contributed by atoms with van der Waals surface area (Å²) in [5, 5.41) is 7.42. The predicted molar refractivity (Wildman–Crippen MR) is 126 cm³/mol. The van der Waals surface area contributed by atoms with E-state index in [1.165, 1.54) is 12.1 Å². The van der Waals surface area contributed by atoms with Gasteiger partial charge in [0.15, 0.2) is 0 Å². The van der Waals surface area contributed by atoms with Crippen molar-refractivity contribution in [1.82, 2.24) is 19.7 Å². The average Bonchev–Trinajstić information content (AvgIpc) is 3.27. The lowest BCUT2D eigenvalue weighted by molar-refractivity contribution is 0.0240. The maximum atomic E-state index is 13.6. The highest BCUT2D eigenvalue weighted by Crippen LogP contribution is 2.30. The van der Waals surface area contributed by atoms with Gasteiger partial charge in [0, 0.05) is 43.1 Å². The fourth-order valence-corrected chi connectivity index (χ4v) is 3.64. The van der Waals surface area contributed by atoms with E-state index in [1.54, 1.807) is 22.0 Å². The van der Waals surface area contributed by atoms with Gasteiger partial charge in [0.1, 0.15) is 11.9 Å². The minimum Gasteiger partial charge on any atom is -0.444 e. The Hall–Kier alpha value is -3.69. The molecule has 2 heterocycles. The van der Waals surface area contributed by atoms with Crippen LogP contribution in [0.15, 0.2) is 54.9 Å². The van der Waals surface area contributed by atoms with Gasteiger partial charge in [-0.1, -0.05) is 18.2 Å². The highest BCUT2D eigenvalue weighted by atomic mass is 19.3. The van der Waals surface area contributed by atoms with Crippen molar-refractivity contribution in [2.24, 2.45) is 0 Å². The first-order valence-electron chi connectivity index (χ1n) is 11.1. The first-order chi connectivity index (χ1) is 16.2. The van der Waals surface area contributed by atoms with E-state index in [4.69, 9.17) is 4.74 Å². The molecule has 0 atom stereocenters. The second-order valence-corrected chi connectivity index (χ2v) is 9.04. The number of benzene rings is 2. The summed E-state index contributed by atoms with van der Waals surface area (Å²) in [6.07, 6.45) is -1.43. The summed E-state index contributed by atoms with van der Waals surface area (Å²) in [5.74, 6) is 0.302. The fraction of sp³-hybridized carbons (Fsp3) is 0.375. The molecule has 1 saturated heterocycles. The van der Waals surface area contributed by atoms with Crippen LogP contribution >= 0.6 is 0 Å². The third-order valence-electron chi connectivity index (χ3n) is 5.26. The Bertz CT molecular complexity index is 1120. The largest absolute Gasteiger partial charge is 0.444 e. The average molecular weight is 471 g/mol. The van der Waals surface area contributed by atoms with Gasteiger partial charge in [-0.3, -0.25) is 0 Å². The third kappa shape index (κ3) is 5.81. The van der Waals surface area contributed by atoms with Crippen LogP contribution in [0, 0.1) is 0 Å². The van der Waals surface area contributed by atoms with E-state index in [-0.39, 0.29) is 11.7 Å². The number of ether oxygens (including phenoxy) is 1. The Morgan fingerprint density at radius 1 is 1.03 bits per heavy atom. The molecule has 2 aromatic carbocycles. The summed E-state index contributed by atoms with van der Waals surface area (Å²) >= 11 is 0. The monoisotopic (exact) mass is 470 g/mol. The summed E-state index contributed by atoms with van der Waals surface area (Å²) in [5.41, 5.74) is 1.28. The number of nitrogens with zero attached hydrogens (tertiary/aromatic N) is 5. The molecule has 34 heavy (non-hydrogen) atoms. The first-order valence-corrected chi connectivity index (χ1v) is 11.1. The normalized spacial score (nSPS) is 14.4. The standard InChI is InChI=1S/C24H28F2N6O2/c1-24(2,3)34-23(33)31-11-9-30(10-12-31)20-14-17(21(25)26)13-18(15-20)28-22-27-16-32(29-22)19-7-5-4-6-8-19/h4-8,13-16,21H,9-12H2,1-3H3,(H,28,29). The van der Waals surface area contributed by atoms with Gasteiger partial charge in [-0.25, -0.2) is 18.3 Å².